The summed E-state index contributed by atoms with van der Waals surface area (Å²) in [5.74, 6) is -0.502. The number of hydrogen-bond donors (Lipinski definition) is 3. The highest BCUT2D eigenvalue weighted by molar-refractivity contribution is 5.83. The molecule has 8 heteroatoms. The zero-order valence-electron chi connectivity index (χ0n) is 20.8. The molecule has 3 fully saturated rings. The predicted octanol–water partition coefficient (Wildman–Crippen LogP) is 2.62. The van der Waals surface area contributed by atoms with Crippen molar-refractivity contribution in [2.75, 3.05) is 32.7 Å². The van der Waals surface area contributed by atoms with E-state index >= 15 is 0 Å². The third-order valence-corrected chi connectivity index (χ3v) is 8.08. The summed E-state index contributed by atoms with van der Waals surface area (Å²) in [5, 5.41) is 6.19. The van der Waals surface area contributed by atoms with Crippen LogP contribution in [-0.2, 0) is 16.1 Å². The number of unbranched alkanes of at least 4 members (excludes halogenated alkanes) is 2. The number of nitrogens with one attached hydrogen (secondary N) is 2. The van der Waals surface area contributed by atoms with Gasteiger partial charge in [-0.05, 0) is 62.5 Å². The van der Waals surface area contributed by atoms with Gasteiger partial charge in [0.1, 0.15) is 0 Å². The van der Waals surface area contributed by atoms with Crippen LogP contribution >= 0.6 is 0 Å². The van der Waals surface area contributed by atoms with Gasteiger partial charge in [-0.3, -0.25) is 9.59 Å². The van der Waals surface area contributed by atoms with Gasteiger partial charge in [0.15, 0.2) is 0 Å². The summed E-state index contributed by atoms with van der Waals surface area (Å²) < 4.78 is 0. The van der Waals surface area contributed by atoms with E-state index < -0.39 is 5.92 Å². The summed E-state index contributed by atoms with van der Waals surface area (Å²) in [5.41, 5.74) is 7.08. The molecule has 2 aliphatic heterocycles. The number of rotatable bonds is 9. The highest BCUT2D eigenvalue weighted by Crippen LogP contribution is 2.53. The summed E-state index contributed by atoms with van der Waals surface area (Å²) in [7, 11) is 0. The molecule has 2 saturated heterocycles. The van der Waals surface area contributed by atoms with E-state index in [2.05, 4.69) is 10.6 Å². The Labute approximate surface area is 209 Å². The van der Waals surface area contributed by atoms with Gasteiger partial charge in [-0.1, -0.05) is 36.8 Å². The molecule has 4 amide bonds. The third-order valence-electron chi connectivity index (χ3n) is 8.08. The van der Waals surface area contributed by atoms with Crippen LogP contribution in [0.5, 0.6) is 0 Å². The van der Waals surface area contributed by atoms with Gasteiger partial charge >= 0.3 is 6.03 Å². The molecule has 1 aromatic carbocycles. The van der Waals surface area contributed by atoms with Crippen LogP contribution in [0.2, 0.25) is 0 Å². The average Bonchev–Trinajstić information content (AvgIpc) is 3.64. The van der Waals surface area contributed by atoms with Crippen molar-refractivity contribution >= 4 is 17.8 Å². The molecule has 1 aromatic rings. The second-order valence-corrected chi connectivity index (χ2v) is 10.6. The first-order valence-electron chi connectivity index (χ1n) is 13.3. The lowest BCUT2D eigenvalue weighted by atomic mass is 9.90. The van der Waals surface area contributed by atoms with Crippen LogP contribution in [0, 0.1) is 11.3 Å². The number of amides is 4. The Morgan fingerprint density at radius 1 is 0.943 bits per heavy atom. The highest BCUT2D eigenvalue weighted by atomic mass is 16.2. The minimum atomic E-state index is -0.469. The lowest BCUT2D eigenvalue weighted by Crippen LogP contribution is -2.59. The number of piperidine rings is 2. The normalized spacial score (nSPS) is 23.1. The molecule has 8 nitrogen and oxygen atoms in total. The minimum absolute atomic E-state index is 0.0760. The Kier molecular flexibility index (Phi) is 8.65. The van der Waals surface area contributed by atoms with Crippen LogP contribution in [0.25, 0.3) is 0 Å². The lowest BCUT2D eigenvalue weighted by Gasteiger charge is -2.40. The number of nitrogens with zero attached hydrogens (tertiary/aromatic N) is 2. The summed E-state index contributed by atoms with van der Waals surface area (Å²) in [6, 6.07) is 9.42. The Balaban J connectivity index is 1.35. The summed E-state index contributed by atoms with van der Waals surface area (Å²) >= 11 is 0. The topological polar surface area (TPSA) is 108 Å². The Morgan fingerprint density at radius 2 is 1.69 bits per heavy atom. The van der Waals surface area contributed by atoms with Crippen molar-refractivity contribution in [3.05, 3.63) is 35.9 Å². The largest absolute Gasteiger partial charge is 0.352 e. The molecule has 4 rings (SSSR count). The fourth-order valence-corrected chi connectivity index (χ4v) is 5.40. The van der Waals surface area contributed by atoms with Crippen molar-refractivity contribution < 1.29 is 14.4 Å². The molecule has 1 aliphatic carbocycles. The van der Waals surface area contributed by atoms with E-state index in [1.165, 1.54) is 12.8 Å². The van der Waals surface area contributed by atoms with Crippen LogP contribution in [-0.4, -0.2) is 66.4 Å². The van der Waals surface area contributed by atoms with Gasteiger partial charge in [0.05, 0.1) is 5.92 Å². The van der Waals surface area contributed by atoms with Gasteiger partial charge in [-0.25, -0.2) is 4.79 Å². The van der Waals surface area contributed by atoms with Crippen molar-refractivity contribution in [2.45, 2.75) is 70.4 Å². The van der Waals surface area contributed by atoms with E-state index in [-0.39, 0.29) is 23.9 Å². The van der Waals surface area contributed by atoms with E-state index in [9.17, 15) is 14.4 Å². The molecule has 0 radical (unpaired) electrons. The van der Waals surface area contributed by atoms with Crippen molar-refractivity contribution in [1.29, 1.82) is 0 Å². The van der Waals surface area contributed by atoms with Gasteiger partial charge in [0.2, 0.25) is 11.8 Å². The van der Waals surface area contributed by atoms with Crippen LogP contribution in [0.1, 0.15) is 63.4 Å². The number of hydrogen-bond acceptors (Lipinski definition) is 4. The molecule has 2 heterocycles. The number of likely N-dealkylation sites (tertiary alicyclic amines) is 2. The molecular weight excluding hydrogens is 442 g/mol. The Bertz CT molecular complexity index is 863. The number of nitrogens with two attached hydrogens (primary N) is 1. The van der Waals surface area contributed by atoms with Crippen molar-refractivity contribution in [3.63, 3.8) is 0 Å². The van der Waals surface area contributed by atoms with E-state index in [0.717, 1.165) is 50.8 Å². The number of urea groups is 1. The Morgan fingerprint density at radius 3 is 2.37 bits per heavy atom. The van der Waals surface area contributed by atoms with E-state index in [4.69, 9.17) is 5.73 Å². The standard InChI is InChI=1S/C27H41N5O3/c28-15-6-2-5-9-24(33)32-16-10-23(30-26(35)31-17-13-27(11-12-27)14-18-31)22(20-32)25(34)29-19-21-7-3-1-4-8-21/h1,3-4,7-8,22-23H,2,5-6,9-20,28H2,(H,29,34)(H,30,35)/t22-,23+/m0/s1. The van der Waals surface area contributed by atoms with Gasteiger partial charge in [-0.15, -0.1) is 0 Å². The molecule has 35 heavy (non-hydrogen) atoms. The first kappa shape index (κ1) is 25.5. The summed E-state index contributed by atoms with van der Waals surface area (Å²) in [4.78, 5) is 42.8. The zero-order valence-corrected chi connectivity index (χ0v) is 20.8. The first-order valence-corrected chi connectivity index (χ1v) is 13.3. The van der Waals surface area contributed by atoms with Gasteiger partial charge in [-0.2, -0.15) is 0 Å². The monoisotopic (exact) mass is 483 g/mol. The van der Waals surface area contributed by atoms with Crippen LogP contribution < -0.4 is 16.4 Å². The SMILES string of the molecule is NCCCCCC(=O)N1CC[C@@H](NC(=O)N2CCC3(CC2)CC3)[C@@H](C(=O)NCc2ccccc2)C1. The third kappa shape index (κ3) is 6.97. The molecule has 192 valence electrons. The second kappa shape index (κ2) is 11.9. The molecule has 4 N–H and O–H groups in total. The summed E-state index contributed by atoms with van der Waals surface area (Å²) in [6.07, 6.45) is 8.49. The fourth-order valence-electron chi connectivity index (χ4n) is 5.40. The van der Waals surface area contributed by atoms with Crippen molar-refractivity contribution in [2.24, 2.45) is 17.1 Å². The van der Waals surface area contributed by atoms with Crippen LogP contribution in [0.4, 0.5) is 4.79 Å². The minimum Gasteiger partial charge on any atom is -0.352 e. The lowest BCUT2D eigenvalue weighted by molar-refractivity contribution is -0.136. The van der Waals surface area contributed by atoms with E-state index in [1.54, 1.807) is 4.90 Å². The second-order valence-electron chi connectivity index (χ2n) is 10.6. The average molecular weight is 484 g/mol. The van der Waals surface area contributed by atoms with Crippen LogP contribution in [0.3, 0.4) is 0 Å². The van der Waals surface area contributed by atoms with E-state index in [0.29, 0.717) is 44.4 Å². The molecule has 0 bridgehead atoms. The molecular formula is C27H41N5O3. The maximum Gasteiger partial charge on any atom is 0.317 e. The molecule has 1 saturated carbocycles. The molecule has 0 unspecified atom stereocenters. The zero-order chi connectivity index (χ0) is 24.7. The fraction of sp³-hybridized carbons (Fsp3) is 0.667. The van der Waals surface area contributed by atoms with Gasteiger partial charge in [0, 0.05) is 45.2 Å². The van der Waals surface area contributed by atoms with Crippen molar-refractivity contribution in [3.8, 4) is 0 Å². The maximum atomic E-state index is 13.3. The highest BCUT2D eigenvalue weighted by Gasteiger charge is 2.45. The molecule has 0 aromatic heterocycles. The predicted molar refractivity (Wildman–Crippen MR) is 135 cm³/mol. The smallest absolute Gasteiger partial charge is 0.317 e. The molecule has 2 atom stereocenters. The number of benzene rings is 1. The summed E-state index contributed by atoms with van der Waals surface area (Å²) in [6.45, 7) is 3.54. The van der Waals surface area contributed by atoms with Crippen LogP contribution in [0.15, 0.2) is 30.3 Å². The van der Waals surface area contributed by atoms with Crippen molar-refractivity contribution in [1.82, 2.24) is 20.4 Å². The first-order chi connectivity index (χ1) is 17.0. The molecule has 1 spiro atoms. The number of carbonyl (C=O) groups excluding carboxylic acids is 3. The van der Waals surface area contributed by atoms with Gasteiger partial charge in [0.25, 0.3) is 0 Å². The molecule has 3 aliphatic rings. The quantitative estimate of drug-likeness (QED) is 0.469. The van der Waals surface area contributed by atoms with E-state index in [1.807, 2.05) is 35.2 Å². The van der Waals surface area contributed by atoms with Gasteiger partial charge < -0.3 is 26.2 Å². The maximum absolute atomic E-state index is 13.3. The number of carbonyl (C=O) groups is 3. The Hall–Kier alpha value is -2.61.